The standard InChI is InChI=1S/C17H13ClN2O3S/c1-11-10-24-17-19-13(8-15(21)20(11)17)9-23-16(22)7-6-12-4-2-3-5-14(12)18/h2-8,10H,9H2,1H3/b7-6+. The van der Waals surface area contributed by atoms with Crippen LogP contribution in [0.5, 0.6) is 0 Å². The number of carbonyl (C=O) groups excluding carboxylic acids is 1. The molecule has 7 heteroatoms. The largest absolute Gasteiger partial charge is 0.456 e. The smallest absolute Gasteiger partial charge is 0.331 e. The second kappa shape index (κ2) is 6.98. The first-order chi connectivity index (χ1) is 11.5. The van der Waals surface area contributed by atoms with E-state index in [-0.39, 0.29) is 12.2 Å². The first kappa shape index (κ1) is 16.4. The highest BCUT2D eigenvalue weighted by Crippen LogP contribution is 2.16. The number of rotatable bonds is 4. The minimum atomic E-state index is -0.528. The molecule has 0 unspecified atom stereocenters. The van der Waals surface area contributed by atoms with Gasteiger partial charge in [-0.2, -0.15) is 0 Å². The Hall–Kier alpha value is -2.44. The molecule has 0 spiro atoms. The lowest BCUT2D eigenvalue weighted by Gasteiger charge is -2.02. The molecule has 122 valence electrons. The number of aromatic nitrogens is 2. The summed E-state index contributed by atoms with van der Waals surface area (Å²) < 4.78 is 6.65. The van der Waals surface area contributed by atoms with Gasteiger partial charge in [0.2, 0.25) is 0 Å². The van der Waals surface area contributed by atoms with Gasteiger partial charge in [0.15, 0.2) is 4.96 Å². The van der Waals surface area contributed by atoms with E-state index in [1.165, 1.54) is 27.9 Å². The van der Waals surface area contributed by atoms with Crippen molar-refractivity contribution in [1.82, 2.24) is 9.38 Å². The van der Waals surface area contributed by atoms with Crippen molar-refractivity contribution in [2.45, 2.75) is 13.5 Å². The first-order valence-electron chi connectivity index (χ1n) is 7.11. The van der Waals surface area contributed by atoms with Gasteiger partial charge in [0.05, 0.1) is 5.69 Å². The van der Waals surface area contributed by atoms with Crippen LogP contribution in [0.25, 0.3) is 11.0 Å². The molecule has 0 aliphatic carbocycles. The van der Waals surface area contributed by atoms with Crippen molar-refractivity contribution in [2.24, 2.45) is 0 Å². The summed E-state index contributed by atoms with van der Waals surface area (Å²) >= 11 is 7.37. The van der Waals surface area contributed by atoms with Crippen molar-refractivity contribution in [3.05, 3.63) is 74.1 Å². The number of carbonyl (C=O) groups is 1. The minimum absolute atomic E-state index is 0.0611. The Labute approximate surface area is 146 Å². The van der Waals surface area contributed by atoms with E-state index in [9.17, 15) is 9.59 Å². The van der Waals surface area contributed by atoms with E-state index in [0.717, 1.165) is 11.3 Å². The maximum Gasteiger partial charge on any atom is 0.331 e. The number of aryl methyl sites for hydroxylation is 1. The fourth-order valence-electron chi connectivity index (χ4n) is 2.14. The Bertz CT molecular complexity index is 991. The van der Waals surface area contributed by atoms with E-state index < -0.39 is 5.97 Å². The van der Waals surface area contributed by atoms with Gasteiger partial charge in [-0.25, -0.2) is 9.78 Å². The molecule has 0 N–H and O–H groups in total. The van der Waals surface area contributed by atoms with Crippen LogP contribution in [0.1, 0.15) is 17.0 Å². The average Bonchev–Trinajstić information content (AvgIpc) is 2.94. The van der Waals surface area contributed by atoms with E-state index in [4.69, 9.17) is 16.3 Å². The van der Waals surface area contributed by atoms with Gasteiger partial charge in [0, 0.05) is 28.2 Å². The fourth-order valence-corrected chi connectivity index (χ4v) is 3.23. The van der Waals surface area contributed by atoms with E-state index in [0.29, 0.717) is 15.7 Å². The van der Waals surface area contributed by atoms with Gasteiger partial charge >= 0.3 is 5.97 Å². The second-order valence-electron chi connectivity index (χ2n) is 5.04. The molecule has 3 aromatic rings. The number of halogens is 1. The molecule has 5 nitrogen and oxygen atoms in total. The number of nitrogens with zero attached hydrogens (tertiary/aromatic N) is 2. The normalized spacial score (nSPS) is 11.2. The topological polar surface area (TPSA) is 60.7 Å². The van der Waals surface area contributed by atoms with Crippen LogP contribution in [0.4, 0.5) is 0 Å². The molecule has 0 fully saturated rings. The first-order valence-corrected chi connectivity index (χ1v) is 8.36. The quantitative estimate of drug-likeness (QED) is 0.528. The van der Waals surface area contributed by atoms with E-state index in [2.05, 4.69) is 4.98 Å². The molecule has 1 aromatic carbocycles. The lowest BCUT2D eigenvalue weighted by Crippen LogP contribution is -2.16. The van der Waals surface area contributed by atoms with Crippen LogP contribution in [0.2, 0.25) is 5.02 Å². The third-order valence-electron chi connectivity index (χ3n) is 3.30. The highest BCUT2D eigenvalue weighted by Gasteiger charge is 2.08. The van der Waals surface area contributed by atoms with Crippen LogP contribution in [0, 0.1) is 6.92 Å². The third-order valence-corrected chi connectivity index (χ3v) is 4.58. The van der Waals surface area contributed by atoms with Crippen LogP contribution in [-0.4, -0.2) is 15.4 Å². The third kappa shape index (κ3) is 3.55. The number of fused-ring (bicyclic) bond motifs is 1. The van der Waals surface area contributed by atoms with Crippen LogP contribution in [-0.2, 0) is 16.1 Å². The monoisotopic (exact) mass is 360 g/mol. The summed E-state index contributed by atoms with van der Waals surface area (Å²) in [6, 6.07) is 8.54. The molecule has 2 aromatic heterocycles. The van der Waals surface area contributed by atoms with Crippen LogP contribution in [0.3, 0.4) is 0 Å². The van der Waals surface area contributed by atoms with Crippen LogP contribution < -0.4 is 5.56 Å². The summed E-state index contributed by atoms with van der Waals surface area (Å²) in [5, 5.41) is 2.40. The summed E-state index contributed by atoms with van der Waals surface area (Å²) in [7, 11) is 0. The summed E-state index contributed by atoms with van der Waals surface area (Å²) in [5.74, 6) is -0.528. The minimum Gasteiger partial charge on any atom is -0.456 e. The number of hydrogen-bond donors (Lipinski definition) is 0. The van der Waals surface area contributed by atoms with Crippen LogP contribution >= 0.6 is 22.9 Å². The lowest BCUT2D eigenvalue weighted by atomic mass is 10.2. The van der Waals surface area contributed by atoms with Crippen LogP contribution in [0.15, 0.2) is 46.6 Å². The van der Waals surface area contributed by atoms with E-state index in [1.54, 1.807) is 18.2 Å². The zero-order valence-electron chi connectivity index (χ0n) is 12.7. The number of thiazole rings is 1. The van der Waals surface area contributed by atoms with Crippen molar-refractivity contribution in [3.63, 3.8) is 0 Å². The number of hydrogen-bond acceptors (Lipinski definition) is 5. The lowest BCUT2D eigenvalue weighted by molar-refractivity contribution is -0.139. The SMILES string of the molecule is Cc1csc2nc(COC(=O)/C=C/c3ccccc3Cl)cc(=O)n12. The molecule has 0 saturated heterocycles. The summed E-state index contributed by atoms with van der Waals surface area (Å²) in [5.41, 5.74) is 1.79. The molecule has 0 bridgehead atoms. The van der Waals surface area contributed by atoms with Crippen molar-refractivity contribution in [1.29, 1.82) is 0 Å². The molecular formula is C17H13ClN2O3S. The molecular weight excluding hydrogens is 348 g/mol. The molecule has 0 atom stereocenters. The Morgan fingerprint density at radius 2 is 2.21 bits per heavy atom. The van der Waals surface area contributed by atoms with E-state index >= 15 is 0 Å². The predicted octanol–water partition coefficient (Wildman–Crippen LogP) is 3.47. The van der Waals surface area contributed by atoms with Gasteiger partial charge in [0.1, 0.15) is 6.61 Å². The Morgan fingerprint density at radius 1 is 1.42 bits per heavy atom. The molecule has 3 rings (SSSR count). The molecule has 0 aliphatic rings. The van der Waals surface area contributed by atoms with Gasteiger partial charge in [-0.3, -0.25) is 9.20 Å². The maximum atomic E-state index is 12.0. The summed E-state index contributed by atoms with van der Waals surface area (Å²) in [6.07, 6.45) is 2.88. The Kier molecular flexibility index (Phi) is 4.78. The zero-order valence-corrected chi connectivity index (χ0v) is 14.3. The Morgan fingerprint density at radius 3 is 3.00 bits per heavy atom. The molecule has 0 radical (unpaired) electrons. The van der Waals surface area contributed by atoms with Crippen molar-refractivity contribution >= 4 is 39.9 Å². The fraction of sp³-hybridized carbons (Fsp3) is 0.118. The van der Waals surface area contributed by atoms with Gasteiger partial charge in [0.25, 0.3) is 5.56 Å². The molecule has 0 saturated carbocycles. The van der Waals surface area contributed by atoms with Gasteiger partial charge < -0.3 is 4.74 Å². The van der Waals surface area contributed by atoms with Crippen molar-refractivity contribution in [3.8, 4) is 0 Å². The maximum absolute atomic E-state index is 12.0. The zero-order chi connectivity index (χ0) is 17.1. The number of esters is 1. The predicted molar refractivity (Wildman–Crippen MR) is 94.4 cm³/mol. The average molecular weight is 361 g/mol. The van der Waals surface area contributed by atoms with Gasteiger partial charge in [-0.15, -0.1) is 11.3 Å². The van der Waals surface area contributed by atoms with Crippen molar-refractivity contribution < 1.29 is 9.53 Å². The highest BCUT2D eigenvalue weighted by atomic mass is 35.5. The number of benzene rings is 1. The molecule has 24 heavy (non-hydrogen) atoms. The Balaban J connectivity index is 1.68. The van der Waals surface area contributed by atoms with Gasteiger partial charge in [-0.05, 0) is 24.6 Å². The van der Waals surface area contributed by atoms with Crippen molar-refractivity contribution in [2.75, 3.05) is 0 Å². The molecule has 0 aliphatic heterocycles. The van der Waals surface area contributed by atoms with Gasteiger partial charge in [-0.1, -0.05) is 29.8 Å². The summed E-state index contributed by atoms with van der Waals surface area (Å²) in [4.78, 5) is 28.7. The summed E-state index contributed by atoms with van der Waals surface area (Å²) in [6.45, 7) is 1.78. The highest BCUT2D eigenvalue weighted by molar-refractivity contribution is 7.15. The number of ether oxygens (including phenoxy) is 1. The molecule has 0 amide bonds. The van der Waals surface area contributed by atoms with E-state index in [1.807, 2.05) is 24.4 Å². The molecule has 2 heterocycles. The second-order valence-corrected chi connectivity index (χ2v) is 6.29.